The molecule has 1 aromatic heterocycles. The number of rotatable bonds is 9. The third-order valence-corrected chi connectivity index (χ3v) is 4.51. The predicted octanol–water partition coefficient (Wildman–Crippen LogP) is 2.25. The fourth-order valence-electron chi connectivity index (χ4n) is 2.16. The summed E-state index contributed by atoms with van der Waals surface area (Å²) >= 11 is 1.46. The Hall–Kier alpha value is -1.79. The van der Waals surface area contributed by atoms with Gasteiger partial charge in [-0.3, -0.25) is 4.79 Å². The van der Waals surface area contributed by atoms with Crippen molar-refractivity contribution in [2.45, 2.75) is 24.5 Å². The normalized spacial score (nSPS) is 10.7. The summed E-state index contributed by atoms with van der Waals surface area (Å²) in [6, 6.07) is 10.2. The maximum absolute atomic E-state index is 12.1. The van der Waals surface area contributed by atoms with Crippen molar-refractivity contribution in [3.63, 3.8) is 0 Å². The van der Waals surface area contributed by atoms with Crippen molar-refractivity contribution in [3.05, 3.63) is 48.3 Å². The van der Waals surface area contributed by atoms with Gasteiger partial charge < -0.3 is 14.6 Å². The minimum atomic E-state index is 0.0854. The molecule has 0 saturated heterocycles. The van der Waals surface area contributed by atoms with E-state index < -0.39 is 0 Å². The van der Waals surface area contributed by atoms with Gasteiger partial charge >= 0.3 is 0 Å². The number of carbonyl (C=O) groups is 1. The van der Waals surface area contributed by atoms with Gasteiger partial charge in [0.05, 0.1) is 5.75 Å². The Balaban J connectivity index is 1.84. The lowest BCUT2D eigenvalue weighted by Gasteiger charge is -2.16. The highest BCUT2D eigenvalue weighted by molar-refractivity contribution is 7.99. The molecule has 0 radical (unpaired) electrons. The molecule has 1 N–H and O–H groups in total. The summed E-state index contributed by atoms with van der Waals surface area (Å²) in [6.45, 7) is 1.61. The summed E-state index contributed by atoms with van der Waals surface area (Å²) in [6.07, 6.45) is 5.25. The van der Waals surface area contributed by atoms with Gasteiger partial charge in [-0.15, -0.1) is 0 Å². The molecule has 124 valence electrons. The van der Waals surface area contributed by atoms with Gasteiger partial charge in [0, 0.05) is 39.1 Å². The van der Waals surface area contributed by atoms with Gasteiger partial charge in [0.15, 0.2) is 5.16 Å². The van der Waals surface area contributed by atoms with E-state index in [1.165, 1.54) is 17.3 Å². The molecule has 6 heteroatoms. The summed E-state index contributed by atoms with van der Waals surface area (Å²) in [5, 5.41) is 9.63. The van der Waals surface area contributed by atoms with Crippen LogP contribution in [0.3, 0.4) is 0 Å². The van der Waals surface area contributed by atoms with Crippen LogP contribution in [0.4, 0.5) is 0 Å². The van der Waals surface area contributed by atoms with Crippen LogP contribution in [-0.2, 0) is 11.3 Å². The molecule has 0 aliphatic carbocycles. The molecule has 0 spiro atoms. The number of imidazole rings is 1. The fraction of sp³-hybridized carbons (Fsp3) is 0.412. The number of hydrogen-bond acceptors (Lipinski definition) is 4. The predicted molar refractivity (Wildman–Crippen MR) is 92.5 cm³/mol. The number of hydrogen-bond donors (Lipinski definition) is 1. The summed E-state index contributed by atoms with van der Waals surface area (Å²) in [5.41, 5.74) is 1.21. The summed E-state index contributed by atoms with van der Waals surface area (Å²) < 4.78 is 2.05. The number of carbonyl (C=O) groups excluding carboxylic acids is 1. The van der Waals surface area contributed by atoms with Gasteiger partial charge in [-0.1, -0.05) is 42.1 Å². The minimum Gasteiger partial charge on any atom is -0.396 e. The highest BCUT2D eigenvalue weighted by Crippen LogP contribution is 2.17. The Morgan fingerprint density at radius 2 is 2.09 bits per heavy atom. The van der Waals surface area contributed by atoms with Crippen molar-refractivity contribution < 1.29 is 9.90 Å². The zero-order valence-electron chi connectivity index (χ0n) is 13.4. The van der Waals surface area contributed by atoms with E-state index >= 15 is 0 Å². The second-order valence-corrected chi connectivity index (χ2v) is 6.30. The van der Waals surface area contributed by atoms with Crippen molar-refractivity contribution >= 4 is 17.7 Å². The monoisotopic (exact) mass is 333 g/mol. The molecule has 2 aromatic rings. The van der Waals surface area contributed by atoms with E-state index in [-0.39, 0.29) is 12.5 Å². The van der Waals surface area contributed by atoms with E-state index in [0.29, 0.717) is 12.3 Å². The molecule has 0 atom stereocenters. The summed E-state index contributed by atoms with van der Waals surface area (Å²) in [4.78, 5) is 18.2. The molecular formula is C17H23N3O2S. The van der Waals surface area contributed by atoms with Crippen LogP contribution in [0, 0.1) is 0 Å². The highest BCUT2D eigenvalue weighted by atomic mass is 32.2. The zero-order valence-corrected chi connectivity index (χ0v) is 14.2. The van der Waals surface area contributed by atoms with Crippen molar-refractivity contribution in [1.29, 1.82) is 0 Å². The number of aliphatic hydroxyl groups is 1. The molecule has 0 aliphatic heterocycles. The zero-order chi connectivity index (χ0) is 16.5. The van der Waals surface area contributed by atoms with E-state index in [2.05, 4.69) is 21.7 Å². The van der Waals surface area contributed by atoms with Gasteiger partial charge in [0.2, 0.25) is 5.91 Å². The Morgan fingerprint density at radius 1 is 1.30 bits per heavy atom. The van der Waals surface area contributed by atoms with Gasteiger partial charge in [-0.05, 0) is 18.4 Å². The van der Waals surface area contributed by atoms with Crippen molar-refractivity contribution in [1.82, 2.24) is 14.5 Å². The molecule has 1 heterocycles. The first-order valence-electron chi connectivity index (χ1n) is 7.73. The standard InChI is InChI=1S/C17H23N3O2S/c1-19(10-5-6-12-21)16(22)14-23-17-18-9-11-20(17)13-15-7-3-2-4-8-15/h2-4,7-9,11,21H,5-6,10,12-14H2,1H3. The van der Waals surface area contributed by atoms with Crippen LogP contribution < -0.4 is 0 Å². The highest BCUT2D eigenvalue weighted by Gasteiger charge is 2.11. The minimum absolute atomic E-state index is 0.0854. The van der Waals surface area contributed by atoms with Crippen LogP contribution in [-0.4, -0.2) is 51.4 Å². The largest absolute Gasteiger partial charge is 0.396 e. The van der Waals surface area contributed by atoms with Gasteiger partial charge in [0.25, 0.3) is 0 Å². The molecule has 0 unspecified atom stereocenters. The Morgan fingerprint density at radius 3 is 2.83 bits per heavy atom. The van der Waals surface area contributed by atoms with Crippen LogP contribution >= 0.6 is 11.8 Å². The van der Waals surface area contributed by atoms with Crippen LogP contribution in [0.15, 0.2) is 47.9 Å². The maximum atomic E-state index is 12.1. The molecule has 2 rings (SSSR count). The molecular weight excluding hydrogens is 310 g/mol. The topological polar surface area (TPSA) is 58.4 Å². The quantitative estimate of drug-likeness (QED) is 0.565. The summed E-state index contributed by atoms with van der Waals surface area (Å²) in [5.74, 6) is 0.462. The summed E-state index contributed by atoms with van der Waals surface area (Å²) in [7, 11) is 1.80. The Labute approximate surface area is 141 Å². The lowest BCUT2D eigenvalue weighted by atomic mass is 10.2. The van der Waals surface area contributed by atoms with Crippen LogP contribution in [0.5, 0.6) is 0 Å². The van der Waals surface area contributed by atoms with Crippen molar-refractivity contribution in [2.24, 2.45) is 0 Å². The Kier molecular flexibility index (Phi) is 7.16. The second-order valence-electron chi connectivity index (χ2n) is 5.36. The molecule has 0 fully saturated rings. The van der Waals surface area contributed by atoms with E-state index in [4.69, 9.17) is 5.11 Å². The van der Waals surface area contributed by atoms with Gasteiger partial charge in [-0.25, -0.2) is 4.98 Å². The molecule has 0 saturated carbocycles. The average molecular weight is 333 g/mol. The third kappa shape index (κ3) is 5.73. The van der Waals surface area contributed by atoms with Crippen molar-refractivity contribution in [2.75, 3.05) is 26.0 Å². The number of aliphatic hydroxyl groups excluding tert-OH is 1. The first-order chi connectivity index (χ1) is 11.2. The Bertz CT molecular complexity index is 601. The number of nitrogens with zero attached hydrogens (tertiary/aromatic N) is 3. The number of thioether (sulfide) groups is 1. The van der Waals surface area contributed by atoms with E-state index in [1.807, 2.05) is 24.4 Å². The van der Waals surface area contributed by atoms with Crippen LogP contribution in [0.2, 0.25) is 0 Å². The second kappa shape index (κ2) is 9.37. The molecule has 23 heavy (non-hydrogen) atoms. The van der Waals surface area contributed by atoms with E-state index in [1.54, 1.807) is 18.1 Å². The van der Waals surface area contributed by atoms with Crippen molar-refractivity contribution in [3.8, 4) is 0 Å². The third-order valence-electron chi connectivity index (χ3n) is 3.53. The average Bonchev–Trinajstić information content (AvgIpc) is 3.00. The molecule has 0 aliphatic rings. The molecule has 5 nitrogen and oxygen atoms in total. The molecule has 0 bridgehead atoms. The fourth-order valence-corrected chi connectivity index (χ4v) is 3.06. The number of unbranched alkanes of at least 4 members (excludes halogenated alkanes) is 1. The number of benzene rings is 1. The smallest absolute Gasteiger partial charge is 0.232 e. The lowest BCUT2D eigenvalue weighted by Crippen LogP contribution is -2.29. The first-order valence-corrected chi connectivity index (χ1v) is 8.72. The number of aromatic nitrogens is 2. The van der Waals surface area contributed by atoms with Gasteiger partial charge in [0.1, 0.15) is 0 Å². The van der Waals surface area contributed by atoms with E-state index in [9.17, 15) is 4.79 Å². The first kappa shape index (κ1) is 17.6. The van der Waals surface area contributed by atoms with Crippen LogP contribution in [0.25, 0.3) is 0 Å². The van der Waals surface area contributed by atoms with Crippen LogP contribution in [0.1, 0.15) is 18.4 Å². The number of amides is 1. The maximum Gasteiger partial charge on any atom is 0.232 e. The molecule has 1 amide bonds. The SMILES string of the molecule is CN(CCCCO)C(=O)CSc1nccn1Cc1ccccc1. The molecule has 1 aromatic carbocycles. The van der Waals surface area contributed by atoms with E-state index in [0.717, 1.165) is 24.5 Å². The lowest BCUT2D eigenvalue weighted by molar-refractivity contribution is -0.127. The van der Waals surface area contributed by atoms with Gasteiger partial charge in [-0.2, -0.15) is 0 Å².